The first-order valence-electron chi connectivity index (χ1n) is 9.76. The number of ether oxygens (including phenoxy) is 1. The van der Waals surface area contributed by atoms with E-state index in [1.54, 1.807) is 31.4 Å². The summed E-state index contributed by atoms with van der Waals surface area (Å²) in [7, 11) is 0.301. The molecule has 3 aromatic carbocycles. The van der Waals surface area contributed by atoms with E-state index in [9.17, 15) is 9.00 Å². The van der Waals surface area contributed by atoms with Crippen LogP contribution in [-0.4, -0.2) is 28.8 Å². The predicted molar refractivity (Wildman–Crippen MR) is 124 cm³/mol. The maximum absolute atomic E-state index is 13.1. The number of hydrogen-bond acceptors (Lipinski definition) is 5. The summed E-state index contributed by atoms with van der Waals surface area (Å²) in [4.78, 5) is 17.8. The van der Waals surface area contributed by atoms with E-state index < -0.39 is 11.0 Å². The summed E-state index contributed by atoms with van der Waals surface area (Å²) in [6.07, 6.45) is 0.885. The molecule has 1 aliphatic heterocycles. The molecule has 0 saturated carbocycles. The van der Waals surface area contributed by atoms with Crippen LogP contribution in [0.2, 0.25) is 0 Å². The Bertz CT molecular complexity index is 1300. The van der Waals surface area contributed by atoms with Gasteiger partial charge in [-0.25, -0.2) is 9.19 Å². The van der Waals surface area contributed by atoms with Crippen molar-refractivity contribution in [2.45, 2.75) is 11.3 Å². The molecule has 0 bridgehead atoms. The Kier molecular flexibility index (Phi) is 5.17. The zero-order valence-corrected chi connectivity index (χ0v) is 18.3. The Morgan fingerprint density at radius 3 is 2.74 bits per heavy atom. The van der Waals surface area contributed by atoms with Crippen molar-refractivity contribution in [1.82, 2.24) is 4.98 Å². The van der Waals surface area contributed by atoms with Crippen LogP contribution in [0.5, 0.6) is 5.75 Å². The monoisotopic (exact) mass is 449 g/mol. The standard InChI is InChI=1S/C23H19N3O3S2/c1-29-17-8-11-19-21(14-17)30-23(24-19)25-22(27)16-6-9-18(10-7-16)31(28)26-13-12-15-4-2-3-5-20(15)26/h2-11,14H,12-13H2,1H3,(H,24,25,27). The quantitative estimate of drug-likeness (QED) is 0.482. The predicted octanol–water partition coefficient (Wildman–Crippen LogP) is 4.64. The van der Waals surface area contributed by atoms with Crippen LogP contribution >= 0.6 is 11.3 Å². The van der Waals surface area contributed by atoms with Crippen LogP contribution in [0, 0.1) is 0 Å². The smallest absolute Gasteiger partial charge is 0.257 e. The molecule has 2 heterocycles. The van der Waals surface area contributed by atoms with Gasteiger partial charge in [0.25, 0.3) is 5.91 Å². The van der Waals surface area contributed by atoms with E-state index in [4.69, 9.17) is 4.74 Å². The minimum atomic E-state index is -1.31. The van der Waals surface area contributed by atoms with E-state index in [1.165, 1.54) is 16.9 Å². The van der Waals surface area contributed by atoms with Crippen LogP contribution in [0.25, 0.3) is 10.2 Å². The Hall–Kier alpha value is -3.23. The second-order valence-corrected chi connectivity index (χ2v) is 9.50. The Balaban J connectivity index is 1.31. The van der Waals surface area contributed by atoms with Gasteiger partial charge in [-0.3, -0.25) is 14.4 Å². The van der Waals surface area contributed by atoms with Gasteiger partial charge in [0.2, 0.25) is 0 Å². The lowest BCUT2D eigenvalue weighted by atomic mass is 10.2. The molecule has 1 aromatic heterocycles. The lowest BCUT2D eigenvalue weighted by Gasteiger charge is -2.18. The Labute approximate surface area is 186 Å². The molecule has 0 spiro atoms. The van der Waals surface area contributed by atoms with Crippen LogP contribution < -0.4 is 14.4 Å². The highest BCUT2D eigenvalue weighted by Crippen LogP contribution is 2.31. The van der Waals surface area contributed by atoms with Gasteiger partial charge in [0.1, 0.15) is 5.75 Å². The highest BCUT2D eigenvalue weighted by atomic mass is 32.2. The number of benzene rings is 3. The number of carbonyl (C=O) groups is 1. The molecule has 4 aromatic rings. The van der Waals surface area contributed by atoms with Crippen molar-refractivity contribution in [2.24, 2.45) is 0 Å². The first kappa shape index (κ1) is 19.7. The molecule has 6 nitrogen and oxygen atoms in total. The highest BCUT2D eigenvalue weighted by Gasteiger charge is 2.24. The fraction of sp³-hybridized carbons (Fsp3) is 0.130. The third kappa shape index (κ3) is 3.80. The molecular weight excluding hydrogens is 430 g/mol. The number of anilines is 2. The maximum atomic E-state index is 13.1. The second kappa shape index (κ2) is 8.13. The third-order valence-corrected chi connectivity index (χ3v) is 7.57. The number of aromatic nitrogens is 1. The largest absolute Gasteiger partial charge is 0.497 e. The molecule has 1 unspecified atom stereocenters. The molecule has 0 saturated heterocycles. The van der Waals surface area contributed by atoms with Gasteiger partial charge in [0, 0.05) is 12.1 Å². The lowest BCUT2D eigenvalue weighted by molar-refractivity contribution is 0.102. The summed E-state index contributed by atoms with van der Waals surface area (Å²) in [6.45, 7) is 0.719. The van der Waals surface area contributed by atoms with E-state index in [-0.39, 0.29) is 5.91 Å². The van der Waals surface area contributed by atoms with E-state index in [1.807, 2.05) is 40.7 Å². The van der Waals surface area contributed by atoms with Crippen molar-refractivity contribution in [2.75, 3.05) is 23.3 Å². The summed E-state index contributed by atoms with van der Waals surface area (Å²) in [5.41, 5.74) is 3.51. The SMILES string of the molecule is COc1ccc2nc(NC(=O)c3ccc(S(=O)N4CCc5ccccc54)cc3)sc2c1. The zero-order valence-electron chi connectivity index (χ0n) is 16.7. The Morgan fingerprint density at radius 1 is 1.13 bits per heavy atom. The van der Waals surface area contributed by atoms with Crippen molar-refractivity contribution in [3.8, 4) is 5.75 Å². The molecule has 31 heavy (non-hydrogen) atoms. The number of fused-ring (bicyclic) bond motifs is 2. The fourth-order valence-electron chi connectivity index (χ4n) is 3.58. The van der Waals surface area contributed by atoms with Crippen LogP contribution in [0.3, 0.4) is 0 Å². The van der Waals surface area contributed by atoms with Gasteiger partial charge >= 0.3 is 0 Å². The van der Waals surface area contributed by atoms with Gasteiger partial charge < -0.3 is 4.74 Å². The lowest BCUT2D eigenvalue weighted by Crippen LogP contribution is -2.23. The van der Waals surface area contributed by atoms with Crippen molar-refractivity contribution in [3.05, 3.63) is 77.9 Å². The van der Waals surface area contributed by atoms with Gasteiger partial charge in [-0.2, -0.15) is 0 Å². The highest BCUT2D eigenvalue weighted by molar-refractivity contribution is 7.86. The van der Waals surface area contributed by atoms with E-state index in [2.05, 4.69) is 16.4 Å². The summed E-state index contributed by atoms with van der Waals surface area (Å²) in [6, 6.07) is 20.5. The molecule has 0 fully saturated rings. The number of nitrogens with one attached hydrogen (secondary N) is 1. The first-order chi connectivity index (χ1) is 15.1. The van der Waals surface area contributed by atoms with Crippen LogP contribution in [-0.2, 0) is 17.4 Å². The third-order valence-electron chi connectivity index (χ3n) is 5.18. The second-order valence-electron chi connectivity index (χ2n) is 7.06. The topological polar surface area (TPSA) is 71.5 Å². The molecule has 156 valence electrons. The van der Waals surface area contributed by atoms with Gasteiger partial charge in [-0.05, 0) is 60.5 Å². The molecule has 0 radical (unpaired) electrons. The molecule has 1 atom stereocenters. The summed E-state index contributed by atoms with van der Waals surface area (Å²) in [5.74, 6) is 0.494. The fourth-order valence-corrected chi connectivity index (χ4v) is 5.71. The van der Waals surface area contributed by atoms with E-state index >= 15 is 0 Å². The number of carbonyl (C=O) groups excluding carboxylic acids is 1. The molecule has 0 aliphatic carbocycles. The molecule has 5 rings (SSSR count). The van der Waals surface area contributed by atoms with Crippen molar-refractivity contribution in [1.29, 1.82) is 0 Å². The minimum absolute atomic E-state index is 0.255. The number of methoxy groups -OCH3 is 1. The molecule has 1 aliphatic rings. The zero-order chi connectivity index (χ0) is 21.4. The number of rotatable bonds is 5. The van der Waals surface area contributed by atoms with Crippen molar-refractivity contribution >= 4 is 49.3 Å². The molecule has 1 amide bonds. The van der Waals surface area contributed by atoms with Crippen LogP contribution in [0.4, 0.5) is 10.8 Å². The minimum Gasteiger partial charge on any atom is -0.497 e. The summed E-state index contributed by atoms with van der Waals surface area (Å²) >= 11 is 1.39. The molecule has 8 heteroatoms. The number of hydrogen-bond donors (Lipinski definition) is 1. The van der Waals surface area contributed by atoms with Gasteiger partial charge in [0.15, 0.2) is 16.1 Å². The number of thiazole rings is 1. The average molecular weight is 450 g/mol. The summed E-state index contributed by atoms with van der Waals surface area (Å²) in [5, 5.41) is 3.37. The molecule has 1 N–H and O–H groups in total. The van der Waals surface area contributed by atoms with Gasteiger partial charge in [-0.1, -0.05) is 29.5 Å². The van der Waals surface area contributed by atoms with E-state index in [0.717, 1.165) is 34.6 Å². The van der Waals surface area contributed by atoms with Crippen molar-refractivity contribution < 1.29 is 13.7 Å². The number of nitrogens with zero attached hydrogens (tertiary/aromatic N) is 2. The number of amides is 1. The van der Waals surface area contributed by atoms with E-state index in [0.29, 0.717) is 15.6 Å². The van der Waals surface area contributed by atoms with Gasteiger partial charge in [0.05, 0.1) is 27.9 Å². The first-order valence-corrected chi connectivity index (χ1v) is 11.7. The van der Waals surface area contributed by atoms with Crippen LogP contribution in [0.15, 0.2) is 71.6 Å². The summed E-state index contributed by atoms with van der Waals surface area (Å²) < 4.78 is 21.1. The van der Waals surface area contributed by atoms with Crippen molar-refractivity contribution in [3.63, 3.8) is 0 Å². The van der Waals surface area contributed by atoms with Gasteiger partial charge in [-0.15, -0.1) is 0 Å². The average Bonchev–Trinajstić information content (AvgIpc) is 3.41. The normalized spacial score (nSPS) is 13.8. The van der Waals surface area contributed by atoms with Crippen LogP contribution in [0.1, 0.15) is 15.9 Å². The molecular formula is C23H19N3O3S2. The Morgan fingerprint density at radius 2 is 1.94 bits per heavy atom. The number of para-hydroxylation sites is 1. The maximum Gasteiger partial charge on any atom is 0.257 e.